The van der Waals surface area contributed by atoms with Crippen molar-refractivity contribution in [2.24, 2.45) is 7.05 Å². The molecule has 0 aliphatic rings. The van der Waals surface area contributed by atoms with E-state index in [0.29, 0.717) is 10.8 Å². The zero-order chi connectivity index (χ0) is 7.72. The number of hydrogen-bond donors (Lipinski definition) is 0. The van der Waals surface area contributed by atoms with Gasteiger partial charge in [-0.25, -0.2) is 0 Å². The molecule has 10 heavy (non-hydrogen) atoms. The van der Waals surface area contributed by atoms with Crippen molar-refractivity contribution < 1.29 is 0 Å². The largest absolute Gasteiger partial charge is 0.257 e. The third-order valence-electron chi connectivity index (χ3n) is 1.07. The Labute approximate surface area is 73.7 Å². The van der Waals surface area contributed by atoms with Gasteiger partial charge in [0.05, 0.1) is 5.69 Å². The summed E-state index contributed by atoms with van der Waals surface area (Å²) in [6.07, 6.45) is 0. The Balaban J connectivity index is 2.98. The lowest BCUT2D eigenvalue weighted by molar-refractivity contribution is 0.753. The fourth-order valence-electron chi connectivity index (χ4n) is 0.572. The molecule has 1 heterocycles. The quantitative estimate of drug-likeness (QED) is 0.636. The predicted molar refractivity (Wildman–Crippen MR) is 42.7 cm³/mol. The van der Waals surface area contributed by atoms with Crippen LogP contribution in [0.5, 0.6) is 0 Å². The maximum atomic E-state index is 5.66. The molecule has 2 nitrogen and oxygen atoms in total. The van der Waals surface area contributed by atoms with Gasteiger partial charge in [-0.15, -0.1) is 0 Å². The first kappa shape index (κ1) is 8.18. The van der Waals surface area contributed by atoms with Gasteiger partial charge >= 0.3 is 0 Å². The molecule has 0 saturated carbocycles. The van der Waals surface area contributed by atoms with Gasteiger partial charge in [-0.05, 0) is 0 Å². The molecule has 0 atom stereocenters. The molecule has 0 bridgehead atoms. The Morgan fingerprint density at radius 3 is 2.40 bits per heavy atom. The van der Waals surface area contributed by atoms with Gasteiger partial charge < -0.3 is 0 Å². The first-order valence-corrected chi connectivity index (χ1v) is 3.84. The molecule has 0 unspecified atom stereocenters. The summed E-state index contributed by atoms with van der Waals surface area (Å²) in [4.78, 5) is -0.598. The molecule has 0 radical (unpaired) electrons. The van der Waals surface area contributed by atoms with Crippen molar-refractivity contribution in [2.75, 3.05) is 0 Å². The second kappa shape index (κ2) is 2.99. The van der Waals surface area contributed by atoms with Crippen molar-refractivity contribution in [3.05, 3.63) is 16.9 Å². The van der Waals surface area contributed by atoms with Crippen molar-refractivity contribution in [1.82, 2.24) is 9.78 Å². The normalized spacial score (nSPS) is 10.9. The Morgan fingerprint density at radius 2 is 2.20 bits per heavy atom. The van der Waals surface area contributed by atoms with Crippen LogP contribution in [0.25, 0.3) is 0 Å². The highest BCUT2D eigenvalue weighted by molar-refractivity contribution is 6.44. The van der Waals surface area contributed by atoms with E-state index in [1.165, 1.54) is 4.68 Å². The summed E-state index contributed by atoms with van der Waals surface area (Å²) in [5.74, 6) is 0. The van der Waals surface area contributed by atoms with Crippen LogP contribution >= 0.6 is 34.8 Å². The summed E-state index contributed by atoms with van der Waals surface area (Å²) in [5, 5.41) is 4.46. The number of halogens is 3. The van der Waals surface area contributed by atoms with Crippen LogP contribution in [0.3, 0.4) is 0 Å². The van der Waals surface area contributed by atoms with E-state index < -0.39 is 4.84 Å². The fourth-order valence-corrected chi connectivity index (χ4v) is 0.935. The molecular formula is C5H5Cl3N2. The van der Waals surface area contributed by atoms with Crippen molar-refractivity contribution in [3.8, 4) is 0 Å². The van der Waals surface area contributed by atoms with Gasteiger partial charge in [-0.3, -0.25) is 4.68 Å². The minimum absolute atomic E-state index is 0.529. The number of hydrogen-bond acceptors (Lipinski definition) is 1. The van der Waals surface area contributed by atoms with Crippen LogP contribution in [-0.4, -0.2) is 9.78 Å². The minimum atomic E-state index is -0.598. The fraction of sp³-hybridized carbons (Fsp3) is 0.400. The second-order valence-corrected chi connectivity index (χ2v) is 3.30. The van der Waals surface area contributed by atoms with Gasteiger partial charge in [0.1, 0.15) is 5.15 Å². The topological polar surface area (TPSA) is 17.8 Å². The standard InChI is InChI=1S/C5H5Cl3N2/c1-10-4(6)2-3(9-10)5(7)8/h2,5H,1H3. The molecule has 0 aromatic carbocycles. The monoisotopic (exact) mass is 198 g/mol. The van der Waals surface area contributed by atoms with Crippen molar-refractivity contribution in [3.63, 3.8) is 0 Å². The number of alkyl halides is 2. The highest BCUT2D eigenvalue weighted by Crippen LogP contribution is 2.24. The lowest BCUT2D eigenvalue weighted by atomic mass is 10.5. The highest BCUT2D eigenvalue weighted by atomic mass is 35.5. The van der Waals surface area contributed by atoms with E-state index in [9.17, 15) is 0 Å². The van der Waals surface area contributed by atoms with Gasteiger partial charge in [0.25, 0.3) is 0 Å². The van der Waals surface area contributed by atoms with Crippen LogP contribution in [0.1, 0.15) is 10.5 Å². The number of rotatable bonds is 1. The number of nitrogens with zero attached hydrogens (tertiary/aromatic N) is 2. The Bertz CT molecular complexity index is 211. The van der Waals surface area contributed by atoms with E-state index in [2.05, 4.69) is 5.10 Å². The van der Waals surface area contributed by atoms with Gasteiger partial charge in [0.2, 0.25) is 0 Å². The first-order valence-electron chi connectivity index (χ1n) is 2.59. The number of aromatic nitrogens is 2. The Morgan fingerprint density at radius 1 is 1.60 bits per heavy atom. The molecule has 5 heteroatoms. The zero-order valence-corrected chi connectivity index (χ0v) is 7.45. The van der Waals surface area contributed by atoms with Crippen molar-refractivity contribution in [2.45, 2.75) is 4.84 Å². The first-order chi connectivity index (χ1) is 4.61. The summed E-state index contributed by atoms with van der Waals surface area (Å²) in [6.45, 7) is 0. The highest BCUT2D eigenvalue weighted by Gasteiger charge is 2.08. The Kier molecular flexibility index (Phi) is 2.45. The van der Waals surface area contributed by atoms with Crippen LogP contribution in [0, 0.1) is 0 Å². The Hall–Kier alpha value is 0.0800. The lowest BCUT2D eigenvalue weighted by Crippen LogP contribution is -1.91. The van der Waals surface area contributed by atoms with Crippen LogP contribution in [0.4, 0.5) is 0 Å². The molecule has 1 rings (SSSR count). The molecule has 0 spiro atoms. The molecule has 1 aromatic rings. The summed E-state index contributed by atoms with van der Waals surface area (Å²) in [7, 11) is 1.72. The van der Waals surface area contributed by atoms with Gasteiger partial charge in [-0.1, -0.05) is 34.8 Å². The van der Waals surface area contributed by atoms with E-state index in [4.69, 9.17) is 34.8 Å². The minimum Gasteiger partial charge on any atom is -0.257 e. The van der Waals surface area contributed by atoms with E-state index in [1.807, 2.05) is 0 Å². The predicted octanol–water partition coefficient (Wildman–Crippen LogP) is 2.55. The van der Waals surface area contributed by atoms with Gasteiger partial charge in [-0.2, -0.15) is 5.10 Å². The maximum absolute atomic E-state index is 5.66. The summed E-state index contributed by atoms with van der Waals surface area (Å²) < 4.78 is 1.51. The third kappa shape index (κ3) is 1.57. The summed E-state index contributed by atoms with van der Waals surface area (Å²) in [6, 6.07) is 1.63. The van der Waals surface area contributed by atoms with Gasteiger partial charge in [0, 0.05) is 13.1 Å². The average molecular weight is 199 g/mol. The van der Waals surface area contributed by atoms with E-state index >= 15 is 0 Å². The van der Waals surface area contributed by atoms with Crippen LogP contribution < -0.4 is 0 Å². The summed E-state index contributed by atoms with van der Waals surface area (Å²) >= 11 is 16.7. The van der Waals surface area contributed by atoms with Crippen LogP contribution in [0.2, 0.25) is 5.15 Å². The van der Waals surface area contributed by atoms with E-state index in [-0.39, 0.29) is 0 Å². The van der Waals surface area contributed by atoms with Gasteiger partial charge in [0.15, 0.2) is 4.84 Å². The lowest BCUT2D eigenvalue weighted by Gasteiger charge is -1.91. The van der Waals surface area contributed by atoms with Crippen LogP contribution in [0.15, 0.2) is 6.07 Å². The smallest absolute Gasteiger partial charge is 0.151 e. The third-order valence-corrected chi connectivity index (χ3v) is 1.87. The molecule has 0 fully saturated rings. The van der Waals surface area contributed by atoms with Crippen LogP contribution in [-0.2, 0) is 7.05 Å². The molecule has 0 amide bonds. The van der Waals surface area contributed by atoms with E-state index in [0.717, 1.165) is 0 Å². The van der Waals surface area contributed by atoms with Crippen molar-refractivity contribution in [1.29, 1.82) is 0 Å². The molecule has 0 N–H and O–H groups in total. The molecule has 56 valence electrons. The molecule has 0 aliphatic heterocycles. The SMILES string of the molecule is Cn1nc(C(Cl)Cl)cc1Cl. The zero-order valence-electron chi connectivity index (χ0n) is 5.18. The molecule has 1 aromatic heterocycles. The summed E-state index contributed by atoms with van der Waals surface area (Å²) in [5.41, 5.74) is 0.579. The molecule has 0 aliphatic carbocycles. The molecule has 0 saturated heterocycles. The number of aryl methyl sites for hydroxylation is 1. The second-order valence-electron chi connectivity index (χ2n) is 1.82. The van der Waals surface area contributed by atoms with Crippen molar-refractivity contribution >= 4 is 34.8 Å². The maximum Gasteiger partial charge on any atom is 0.151 e. The average Bonchev–Trinajstić information content (AvgIpc) is 2.13. The molecular weight excluding hydrogens is 194 g/mol. The van der Waals surface area contributed by atoms with E-state index in [1.54, 1.807) is 13.1 Å².